The molecule has 0 bridgehead atoms. The van der Waals surface area contributed by atoms with Gasteiger partial charge in [0.25, 0.3) is 5.91 Å². The van der Waals surface area contributed by atoms with Gasteiger partial charge in [-0.15, -0.1) is 6.58 Å². The Kier molecular flexibility index (Phi) is 11.0. The number of rotatable bonds is 10. The Morgan fingerprint density at radius 1 is 1.19 bits per heavy atom. The molecule has 3 amide bonds. The maximum atomic E-state index is 14.0. The summed E-state index contributed by atoms with van der Waals surface area (Å²) < 4.78 is 6.06. The first-order chi connectivity index (χ1) is 22.6. The molecular weight excluding hydrogens is 616 g/mol. The van der Waals surface area contributed by atoms with Crippen LogP contribution in [0.1, 0.15) is 55.7 Å². The van der Waals surface area contributed by atoms with Crippen LogP contribution in [0.15, 0.2) is 61.5 Å². The number of ether oxygens (including phenoxy) is 1. The standard InChI is InChI=1S/C36H47ClN6O4/c1-4-15-41(3)20-14-39-27-10-16-42(17-11-27)34(45)31(23-25-21-26(5-2)33(38)29(37)22-25)47-35(46)43-18-12-36(13-19-43)24-32(44)40-30-9-7-6-8-28(30)36/h4,6-9,14,20-22,27,31,39H,1,5,10-13,15-19,23-24,38H2,2-3H3,(H,40,44)/b20-14-/t31-/m1/s1. The van der Waals surface area contributed by atoms with Crippen LogP contribution < -0.4 is 16.4 Å². The number of nitrogens with zero attached hydrogens (tertiary/aromatic N) is 3. The second kappa shape index (κ2) is 15.2. The minimum atomic E-state index is -1.01. The number of hydrogen-bond donors (Lipinski definition) is 3. The van der Waals surface area contributed by atoms with Gasteiger partial charge < -0.3 is 35.8 Å². The van der Waals surface area contributed by atoms with Crippen molar-refractivity contribution >= 4 is 40.9 Å². The number of likely N-dealkylation sites (tertiary alicyclic amines) is 2. The average Bonchev–Trinajstić information content (AvgIpc) is 3.06. The first-order valence-electron chi connectivity index (χ1n) is 16.6. The first kappa shape index (κ1) is 34.2. The topological polar surface area (TPSA) is 120 Å². The number of piperidine rings is 2. The summed E-state index contributed by atoms with van der Waals surface area (Å²) in [5.74, 6) is -0.218. The maximum Gasteiger partial charge on any atom is 0.410 e. The molecule has 2 aromatic rings. The molecule has 3 aliphatic heterocycles. The number of nitrogens with one attached hydrogen (secondary N) is 2. The van der Waals surface area contributed by atoms with Gasteiger partial charge in [-0.25, -0.2) is 4.79 Å². The van der Waals surface area contributed by atoms with Crippen molar-refractivity contribution in [2.75, 3.05) is 50.8 Å². The fraction of sp³-hybridized carbons (Fsp3) is 0.472. The van der Waals surface area contributed by atoms with Gasteiger partial charge in [-0.3, -0.25) is 9.59 Å². The lowest BCUT2D eigenvalue weighted by Gasteiger charge is -2.44. The van der Waals surface area contributed by atoms with Gasteiger partial charge in [0.15, 0.2) is 6.10 Å². The largest absolute Gasteiger partial charge is 0.436 e. The molecule has 0 unspecified atom stereocenters. The lowest BCUT2D eigenvalue weighted by molar-refractivity contribution is -0.142. The quantitative estimate of drug-likeness (QED) is 0.240. The average molecular weight is 663 g/mol. The van der Waals surface area contributed by atoms with Gasteiger partial charge in [-0.2, -0.15) is 0 Å². The van der Waals surface area contributed by atoms with Crippen molar-refractivity contribution in [2.24, 2.45) is 0 Å². The van der Waals surface area contributed by atoms with E-state index < -0.39 is 12.2 Å². The monoisotopic (exact) mass is 662 g/mol. The molecule has 3 heterocycles. The number of likely N-dealkylation sites (N-methyl/N-ethyl adjacent to an activating group) is 1. The lowest BCUT2D eigenvalue weighted by atomic mass is 9.68. The molecule has 3 aliphatic rings. The summed E-state index contributed by atoms with van der Waals surface area (Å²) in [6.07, 6.45) is 8.32. The molecule has 0 saturated carbocycles. The van der Waals surface area contributed by atoms with E-state index in [-0.39, 0.29) is 29.7 Å². The number of para-hydroxylation sites is 1. The Morgan fingerprint density at radius 3 is 2.62 bits per heavy atom. The Labute approximate surface area is 282 Å². The van der Waals surface area contributed by atoms with Crippen LogP contribution in [0.3, 0.4) is 0 Å². The summed E-state index contributed by atoms with van der Waals surface area (Å²) in [5, 5.41) is 6.84. The van der Waals surface area contributed by atoms with Crippen LogP contribution >= 0.6 is 11.6 Å². The molecule has 2 fully saturated rings. The van der Waals surface area contributed by atoms with Crippen molar-refractivity contribution < 1.29 is 19.1 Å². The fourth-order valence-corrected chi connectivity index (χ4v) is 7.25. The second-order valence-corrected chi connectivity index (χ2v) is 13.3. The van der Waals surface area contributed by atoms with Crippen LogP contribution in [0.5, 0.6) is 0 Å². The normalized spacial score (nSPS) is 18.4. The Hall–Kier alpha value is -4.18. The smallest absolute Gasteiger partial charge is 0.410 e. The third kappa shape index (κ3) is 8.04. The highest BCUT2D eigenvalue weighted by atomic mass is 35.5. The molecule has 0 aliphatic carbocycles. The van der Waals surface area contributed by atoms with E-state index in [0.717, 1.165) is 41.8 Å². The van der Waals surface area contributed by atoms with Crippen molar-refractivity contribution in [3.63, 3.8) is 0 Å². The number of benzene rings is 2. The molecule has 2 saturated heterocycles. The lowest BCUT2D eigenvalue weighted by Crippen LogP contribution is -2.51. The second-order valence-electron chi connectivity index (χ2n) is 12.9. The van der Waals surface area contributed by atoms with Crippen molar-refractivity contribution in [3.05, 3.63) is 83.2 Å². The molecule has 252 valence electrons. The Bertz CT molecular complexity index is 1500. The van der Waals surface area contributed by atoms with Crippen LogP contribution in [0.25, 0.3) is 0 Å². The number of carbonyl (C=O) groups excluding carboxylic acids is 3. The van der Waals surface area contributed by atoms with Crippen LogP contribution in [0.2, 0.25) is 5.02 Å². The Balaban J connectivity index is 1.26. The van der Waals surface area contributed by atoms with E-state index >= 15 is 0 Å². The van der Waals surface area contributed by atoms with Crippen molar-refractivity contribution in [1.29, 1.82) is 0 Å². The van der Waals surface area contributed by atoms with Crippen molar-refractivity contribution in [2.45, 2.75) is 69.4 Å². The molecule has 0 aromatic heterocycles. The zero-order valence-corrected chi connectivity index (χ0v) is 28.2. The Morgan fingerprint density at radius 2 is 1.91 bits per heavy atom. The van der Waals surface area contributed by atoms with Gasteiger partial charge >= 0.3 is 6.09 Å². The number of nitrogen functional groups attached to an aromatic ring is 1. The van der Waals surface area contributed by atoms with E-state index in [1.807, 2.05) is 61.6 Å². The van der Waals surface area contributed by atoms with E-state index in [1.165, 1.54) is 0 Å². The molecule has 1 atom stereocenters. The summed E-state index contributed by atoms with van der Waals surface area (Å²) >= 11 is 6.46. The minimum Gasteiger partial charge on any atom is -0.436 e. The van der Waals surface area contributed by atoms with Crippen LogP contribution in [-0.4, -0.2) is 84.5 Å². The molecule has 0 radical (unpaired) electrons. The number of nitrogens with two attached hydrogens (primary N) is 1. The summed E-state index contributed by atoms with van der Waals surface area (Å²) in [4.78, 5) is 45.7. The maximum absolute atomic E-state index is 14.0. The zero-order chi connectivity index (χ0) is 33.6. The van der Waals surface area contributed by atoms with Gasteiger partial charge in [0, 0.05) is 82.2 Å². The molecule has 47 heavy (non-hydrogen) atoms. The predicted molar refractivity (Wildman–Crippen MR) is 186 cm³/mol. The predicted octanol–water partition coefficient (Wildman–Crippen LogP) is 5.08. The van der Waals surface area contributed by atoms with E-state index in [2.05, 4.69) is 23.3 Å². The molecule has 4 N–H and O–H groups in total. The summed E-state index contributed by atoms with van der Waals surface area (Å²) in [6.45, 7) is 8.48. The molecular formula is C36H47ClN6O4. The van der Waals surface area contributed by atoms with Gasteiger partial charge in [0.05, 0.1) is 10.7 Å². The minimum absolute atomic E-state index is 0.00554. The molecule has 11 heteroatoms. The molecule has 5 rings (SSSR count). The SMILES string of the molecule is C=CCN(C)/C=C\NC1CCN(C(=O)[C@@H](Cc2cc(Cl)c(N)c(CC)c2)OC(=O)N2CCC3(CC2)CC(=O)Nc2ccccc23)CC1. The number of hydrogen-bond acceptors (Lipinski definition) is 7. The van der Waals surface area contributed by atoms with Crippen LogP contribution in [0, 0.1) is 0 Å². The van der Waals surface area contributed by atoms with Gasteiger partial charge in [-0.1, -0.05) is 48.9 Å². The van der Waals surface area contributed by atoms with Crippen LogP contribution in [0.4, 0.5) is 16.2 Å². The third-order valence-electron chi connectivity index (χ3n) is 9.73. The number of fused-ring (bicyclic) bond motifs is 2. The van der Waals surface area contributed by atoms with Crippen LogP contribution in [-0.2, 0) is 32.6 Å². The summed E-state index contributed by atoms with van der Waals surface area (Å²) in [6, 6.07) is 11.8. The van der Waals surface area contributed by atoms with Crippen molar-refractivity contribution in [3.8, 4) is 0 Å². The highest BCUT2D eigenvalue weighted by Gasteiger charge is 2.44. The van der Waals surface area contributed by atoms with Gasteiger partial charge in [-0.05, 0) is 60.9 Å². The van der Waals surface area contributed by atoms with Gasteiger partial charge in [0.1, 0.15) is 0 Å². The number of anilines is 2. The number of aryl methyl sites for hydroxylation is 1. The third-order valence-corrected chi connectivity index (χ3v) is 10.0. The van der Waals surface area contributed by atoms with E-state index in [4.69, 9.17) is 22.1 Å². The van der Waals surface area contributed by atoms with Gasteiger partial charge in [0.2, 0.25) is 5.91 Å². The molecule has 1 spiro atoms. The zero-order valence-electron chi connectivity index (χ0n) is 27.5. The summed E-state index contributed by atoms with van der Waals surface area (Å²) in [7, 11) is 1.98. The van der Waals surface area contributed by atoms with E-state index in [0.29, 0.717) is 62.6 Å². The van der Waals surface area contributed by atoms with Crippen molar-refractivity contribution in [1.82, 2.24) is 20.0 Å². The highest BCUT2D eigenvalue weighted by Crippen LogP contribution is 2.45. The number of amides is 3. The van der Waals surface area contributed by atoms with E-state index in [9.17, 15) is 14.4 Å². The number of halogens is 1. The fourth-order valence-electron chi connectivity index (χ4n) is 6.99. The molecule has 10 nitrogen and oxygen atoms in total. The number of carbonyl (C=O) groups is 3. The summed E-state index contributed by atoms with van der Waals surface area (Å²) in [5.41, 5.74) is 10.0. The first-order valence-corrected chi connectivity index (χ1v) is 16.9. The highest BCUT2D eigenvalue weighted by molar-refractivity contribution is 6.33. The molecule has 2 aromatic carbocycles. The van der Waals surface area contributed by atoms with E-state index in [1.54, 1.807) is 15.9 Å².